The van der Waals surface area contributed by atoms with Gasteiger partial charge < -0.3 is 0 Å². The van der Waals surface area contributed by atoms with Gasteiger partial charge in [-0.15, -0.1) is 0 Å². The molecule has 0 radical (unpaired) electrons. The Balaban J connectivity index is 3.05. The molecule has 0 amide bonds. The van der Waals surface area contributed by atoms with Crippen LogP contribution in [0.1, 0.15) is 5.56 Å². The van der Waals surface area contributed by atoms with E-state index in [0.29, 0.717) is 0 Å². The number of aromatic nitrogens is 1. The number of nitrogens with zero attached hydrogens (tertiary/aromatic N) is 1. The molecule has 38 valence electrons. The molecule has 0 saturated carbocycles. The van der Waals surface area contributed by atoms with E-state index in [-0.39, 0.29) is 0 Å². The molecule has 0 fully saturated rings. The van der Waals surface area contributed by atoms with Gasteiger partial charge in [-0.25, -0.2) is 0 Å². The molecule has 0 aliphatic rings. The van der Waals surface area contributed by atoms with Crippen LogP contribution in [0.5, 0.6) is 0 Å². The summed E-state index contributed by atoms with van der Waals surface area (Å²) < 4.78 is 0. The summed E-state index contributed by atoms with van der Waals surface area (Å²) >= 11 is 0. The molecule has 0 aliphatic heterocycles. The number of rotatable bonds is 0. The Morgan fingerprint density at radius 1 is 1.38 bits per heavy atom. The van der Waals surface area contributed by atoms with Gasteiger partial charge in [0, 0.05) is 12.4 Å². The first kappa shape index (κ1) is 4.79. The molecule has 0 unspecified atom stereocenters. The van der Waals surface area contributed by atoms with Crippen LogP contribution in [0, 0.1) is 6.07 Å². The number of pyridine rings is 1. The van der Waals surface area contributed by atoms with Crippen molar-refractivity contribution < 1.29 is 5.26 Å². The van der Waals surface area contributed by atoms with Crippen molar-refractivity contribution in [2.75, 3.05) is 0 Å². The molecule has 2 nitrogen and oxygen atoms in total. The van der Waals surface area contributed by atoms with Gasteiger partial charge in [-0.3, -0.25) is 4.98 Å². The van der Waals surface area contributed by atoms with E-state index in [1.165, 1.54) is 0 Å². The fourth-order valence-corrected chi connectivity index (χ4v) is 0.435. The third-order valence-corrected chi connectivity index (χ3v) is 0.825. The van der Waals surface area contributed by atoms with E-state index >= 15 is 0 Å². The fraction of sp³-hybridized carbons (Fsp3) is 0. The topological polar surface area (TPSA) is 36.7 Å². The van der Waals surface area contributed by atoms with Gasteiger partial charge in [0.05, 0.1) is 0 Å². The summed E-state index contributed by atoms with van der Waals surface area (Å²) in [4.78, 5) is 3.77. The van der Waals surface area contributed by atoms with Crippen molar-refractivity contribution in [1.82, 2.24) is 4.98 Å². The lowest BCUT2D eigenvalue weighted by Crippen LogP contribution is -2.17. The molecule has 0 aliphatic carbocycles. The highest BCUT2D eigenvalue weighted by molar-refractivity contribution is 5.23. The van der Waals surface area contributed by atoms with Crippen LogP contribution in [-0.4, -0.2) is 4.98 Å². The molecule has 0 saturated heterocycles. The van der Waals surface area contributed by atoms with Crippen molar-refractivity contribution in [3.63, 3.8) is 0 Å². The quantitative estimate of drug-likeness (QED) is 0.461. The average Bonchev–Trinajstić information content (AvgIpc) is 1.90. The Morgan fingerprint density at radius 3 is 2.38 bits per heavy atom. The van der Waals surface area contributed by atoms with Gasteiger partial charge in [-0.1, -0.05) is 5.26 Å². The molecule has 1 rings (SSSR count). The lowest BCUT2D eigenvalue weighted by molar-refractivity contribution is -0.0909. The summed E-state index contributed by atoms with van der Waals surface area (Å²) in [7, 11) is 0. The number of nitrogens with one attached hydrogen (secondary N) is 1. The van der Waals surface area contributed by atoms with Crippen molar-refractivity contribution in [3.8, 4) is 6.07 Å². The summed E-state index contributed by atoms with van der Waals surface area (Å²) in [6.07, 6.45) is 3.27. The average molecular weight is 105 g/mol. The first-order valence-electron chi connectivity index (χ1n) is 2.26. The van der Waals surface area contributed by atoms with Crippen LogP contribution >= 0.6 is 0 Å². The van der Waals surface area contributed by atoms with Crippen LogP contribution in [0.2, 0.25) is 0 Å². The molecule has 1 N–H and O–H groups in total. The zero-order valence-corrected chi connectivity index (χ0v) is 4.26. The largest absolute Gasteiger partial charge is 0.308 e. The maximum atomic E-state index is 6.67. The Labute approximate surface area is 47.4 Å². The lowest BCUT2D eigenvalue weighted by atomic mass is 10.3. The maximum Gasteiger partial charge on any atom is 0.308 e. The van der Waals surface area contributed by atoms with Crippen LogP contribution < -0.4 is 5.26 Å². The fourth-order valence-electron chi connectivity index (χ4n) is 0.435. The zero-order valence-electron chi connectivity index (χ0n) is 4.26. The third kappa shape index (κ3) is 0.824. The minimum Gasteiger partial charge on any atom is -0.265 e. The Kier molecular flexibility index (Phi) is 1.25. The third-order valence-electron chi connectivity index (χ3n) is 0.825. The van der Waals surface area contributed by atoms with Crippen molar-refractivity contribution >= 4 is 0 Å². The van der Waals surface area contributed by atoms with Gasteiger partial charge >= 0.3 is 6.07 Å². The van der Waals surface area contributed by atoms with Gasteiger partial charge in [0.2, 0.25) is 0 Å². The van der Waals surface area contributed by atoms with E-state index in [9.17, 15) is 0 Å². The zero-order chi connectivity index (χ0) is 5.82. The van der Waals surface area contributed by atoms with Crippen molar-refractivity contribution in [2.45, 2.75) is 0 Å². The second-order valence-electron chi connectivity index (χ2n) is 1.36. The molecule has 8 heavy (non-hydrogen) atoms. The van der Waals surface area contributed by atoms with Crippen LogP contribution in [0.15, 0.2) is 24.5 Å². The first-order valence-corrected chi connectivity index (χ1v) is 2.26. The molecule has 0 spiro atoms. The molecule has 0 aromatic carbocycles. The number of hydrogen-bond donors (Lipinski definition) is 1. The van der Waals surface area contributed by atoms with Gasteiger partial charge in [0.1, 0.15) is 5.56 Å². The Morgan fingerprint density at radius 2 is 2.00 bits per heavy atom. The first-order chi connectivity index (χ1) is 3.93. The predicted molar refractivity (Wildman–Crippen MR) is 28.2 cm³/mol. The summed E-state index contributed by atoms with van der Waals surface area (Å²) in [5.74, 6) is 0. The van der Waals surface area contributed by atoms with Crippen molar-refractivity contribution in [3.05, 3.63) is 30.1 Å². The number of hydrogen-bond acceptors (Lipinski definition) is 1. The van der Waals surface area contributed by atoms with E-state index in [1.54, 1.807) is 24.5 Å². The van der Waals surface area contributed by atoms with E-state index in [0.717, 1.165) is 5.56 Å². The van der Waals surface area contributed by atoms with Crippen molar-refractivity contribution in [2.24, 2.45) is 0 Å². The van der Waals surface area contributed by atoms with Gasteiger partial charge in [-0.05, 0) is 12.1 Å². The standard InChI is InChI=1S/C6H4N2/c7-5-6-1-3-8-4-2-6/h1-4H/p+1. The van der Waals surface area contributed by atoms with Crippen LogP contribution in [0.4, 0.5) is 0 Å². The Hall–Kier alpha value is -1.36. The molecular weight excluding hydrogens is 100 g/mol. The highest BCUT2D eigenvalue weighted by Gasteiger charge is 1.85. The normalized spacial score (nSPS) is 7.88. The summed E-state index contributed by atoms with van der Waals surface area (Å²) in [5, 5.41) is 6.67. The van der Waals surface area contributed by atoms with Crippen molar-refractivity contribution in [1.29, 1.82) is 0 Å². The summed E-state index contributed by atoms with van der Waals surface area (Å²) in [5.41, 5.74) is 0.764. The molecule has 0 atom stereocenters. The molecular formula is C6H5N2+. The molecule has 0 bridgehead atoms. The monoisotopic (exact) mass is 105 g/mol. The van der Waals surface area contributed by atoms with Crippen LogP contribution in [-0.2, 0) is 0 Å². The van der Waals surface area contributed by atoms with Crippen LogP contribution in [0.25, 0.3) is 0 Å². The van der Waals surface area contributed by atoms with E-state index < -0.39 is 0 Å². The van der Waals surface area contributed by atoms with Gasteiger partial charge in [-0.2, -0.15) is 0 Å². The van der Waals surface area contributed by atoms with E-state index in [2.05, 4.69) is 11.1 Å². The molecule has 1 heterocycles. The highest BCUT2D eigenvalue weighted by atomic mass is 14.6. The minimum absolute atomic E-state index is 0.764. The second-order valence-corrected chi connectivity index (χ2v) is 1.36. The van der Waals surface area contributed by atoms with Crippen LogP contribution in [0.3, 0.4) is 0 Å². The molecule has 2 heteroatoms. The molecule has 1 aromatic heterocycles. The van der Waals surface area contributed by atoms with Gasteiger partial charge in [0.25, 0.3) is 0 Å². The smallest absolute Gasteiger partial charge is 0.265 e. The SMILES string of the molecule is [NH+]#Cc1ccncc1. The van der Waals surface area contributed by atoms with Gasteiger partial charge in [0.15, 0.2) is 0 Å². The maximum absolute atomic E-state index is 6.67. The Bertz CT molecular complexity index is 198. The second kappa shape index (κ2) is 2.08. The van der Waals surface area contributed by atoms with E-state index in [4.69, 9.17) is 5.26 Å². The minimum atomic E-state index is 0.764. The summed E-state index contributed by atoms with van der Waals surface area (Å²) in [6, 6.07) is 5.70. The predicted octanol–water partition coefficient (Wildman–Crippen LogP) is -0.798. The molecule has 1 aromatic rings. The van der Waals surface area contributed by atoms with E-state index in [1.807, 2.05) is 0 Å². The highest BCUT2D eigenvalue weighted by Crippen LogP contribution is 1.88. The summed E-state index contributed by atoms with van der Waals surface area (Å²) in [6.45, 7) is 0. The lowest BCUT2D eigenvalue weighted by Gasteiger charge is -1.76.